The van der Waals surface area contributed by atoms with Gasteiger partial charge in [0, 0.05) is 25.4 Å². The van der Waals surface area contributed by atoms with E-state index in [1.165, 1.54) is 11.6 Å². The van der Waals surface area contributed by atoms with E-state index >= 15 is 0 Å². The zero-order valence-corrected chi connectivity index (χ0v) is 21.9. The molecule has 2 aromatic rings. The van der Waals surface area contributed by atoms with E-state index in [0.717, 1.165) is 40.9 Å². The Bertz CT molecular complexity index is 1040. The summed E-state index contributed by atoms with van der Waals surface area (Å²) in [6.07, 6.45) is 6.89. The molecule has 1 aromatic carbocycles. The van der Waals surface area contributed by atoms with E-state index in [-0.39, 0.29) is 23.8 Å². The molecule has 0 bridgehead atoms. The number of thiazole rings is 1. The number of hydrogen-bond donors (Lipinski definition) is 3. The van der Waals surface area contributed by atoms with Crippen molar-refractivity contribution in [3.05, 3.63) is 41.4 Å². The van der Waals surface area contributed by atoms with E-state index in [1.54, 1.807) is 11.3 Å². The number of nitrogens with one attached hydrogen (secondary N) is 3. The molecule has 0 saturated heterocycles. The smallest absolute Gasteiger partial charge is 0.243 e. The Morgan fingerprint density at radius 2 is 1.94 bits per heavy atom. The van der Waals surface area contributed by atoms with Gasteiger partial charge >= 0.3 is 0 Å². The average molecular weight is 499 g/mol. The van der Waals surface area contributed by atoms with Crippen LogP contribution in [-0.4, -0.2) is 41.3 Å². The molecule has 2 atom stereocenters. The molecule has 8 heteroatoms. The predicted octanol–water partition coefficient (Wildman–Crippen LogP) is 4.22. The minimum atomic E-state index is -0.724. The highest BCUT2D eigenvalue weighted by Gasteiger charge is 2.30. The van der Waals surface area contributed by atoms with E-state index in [9.17, 15) is 14.4 Å². The van der Waals surface area contributed by atoms with Crippen molar-refractivity contribution in [2.75, 3.05) is 6.54 Å². The topological polar surface area (TPSA) is 100 Å². The van der Waals surface area contributed by atoms with Gasteiger partial charge in [0.25, 0.3) is 0 Å². The van der Waals surface area contributed by atoms with Crippen LogP contribution >= 0.6 is 11.3 Å². The van der Waals surface area contributed by atoms with Crippen LogP contribution in [-0.2, 0) is 20.8 Å². The molecule has 0 aliphatic heterocycles. The number of fused-ring (bicyclic) bond motifs is 1. The van der Waals surface area contributed by atoms with Crippen LogP contribution in [0.1, 0.15) is 75.8 Å². The van der Waals surface area contributed by atoms with Crippen LogP contribution in [0, 0.1) is 5.92 Å². The summed E-state index contributed by atoms with van der Waals surface area (Å²) >= 11 is 1.57. The zero-order valence-electron chi connectivity index (χ0n) is 21.1. The summed E-state index contributed by atoms with van der Waals surface area (Å²) in [6.45, 7) is 10.1. The van der Waals surface area contributed by atoms with E-state index in [0.29, 0.717) is 37.6 Å². The van der Waals surface area contributed by atoms with Gasteiger partial charge in [0.2, 0.25) is 17.7 Å². The van der Waals surface area contributed by atoms with Crippen LogP contribution < -0.4 is 16.0 Å². The number of nitrogens with zero attached hydrogens (tertiary/aromatic N) is 1. The standard InChI is InChI=1S/C27H38N4O3S/c1-5-9-25(33)29-21(15-26-30-20-13-12-19(17(3)4)14-23(20)35-26)27(34)31-22(16-28-24(32)6-2)18-10-7-8-11-18/h6,12-14,17-18,21-22H,2,5,7-11,15-16H2,1,3-4H3,(H,28,32)(H,29,33)(H,31,34)/t21-,22?/m0/s1. The summed E-state index contributed by atoms with van der Waals surface area (Å²) in [4.78, 5) is 42.4. The first kappa shape index (κ1) is 26.9. The van der Waals surface area contributed by atoms with E-state index in [1.807, 2.05) is 13.0 Å². The maximum Gasteiger partial charge on any atom is 0.243 e. The second kappa shape index (κ2) is 12.8. The van der Waals surface area contributed by atoms with Gasteiger partial charge in [-0.2, -0.15) is 0 Å². The molecule has 35 heavy (non-hydrogen) atoms. The number of carbonyl (C=O) groups excluding carboxylic acids is 3. The molecule has 1 fully saturated rings. The highest BCUT2D eigenvalue weighted by atomic mass is 32.1. The van der Waals surface area contributed by atoms with Crippen LogP contribution in [0.25, 0.3) is 10.2 Å². The molecule has 1 saturated carbocycles. The maximum atomic E-state index is 13.4. The molecule has 190 valence electrons. The van der Waals surface area contributed by atoms with Crippen molar-refractivity contribution in [3.8, 4) is 0 Å². The Morgan fingerprint density at radius 1 is 1.20 bits per heavy atom. The van der Waals surface area contributed by atoms with Gasteiger partial charge in [-0.3, -0.25) is 14.4 Å². The lowest BCUT2D eigenvalue weighted by atomic mass is 9.97. The van der Waals surface area contributed by atoms with Gasteiger partial charge in [0.05, 0.1) is 15.2 Å². The first-order valence-corrected chi connectivity index (χ1v) is 13.5. The van der Waals surface area contributed by atoms with Crippen LogP contribution in [0.3, 0.4) is 0 Å². The summed E-state index contributed by atoms with van der Waals surface area (Å²) < 4.78 is 1.08. The number of aromatic nitrogens is 1. The molecule has 3 amide bonds. The number of rotatable bonds is 12. The first-order valence-electron chi connectivity index (χ1n) is 12.7. The van der Waals surface area contributed by atoms with Gasteiger partial charge in [0.1, 0.15) is 6.04 Å². The normalized spacial score (nSPS) is 15.7. The fraction of sp³-hybridized carbons (Fsp3) is 0.556. The van der Waals surface area contributed by atoms with Crippen molar-refractivity contribution in [2.45, 2.75) is 83.7 Å². The van der Waals surface area contributed by atoms with Crippen molar-refractivity contribution < 1.29 is 14.4 Å². The minimum absolute atomic E-state index is 0.145. The van der Waals surface area contributed by atoms with E-state index in [2.05, 4.69) is 48.5 Å². The molecule has 1 aliphatic rings. The SMILES string of the molecule is C=CC(=O)NCC(NC(=O)[C@H](Cc1nc2ccc(C(C)C)cc2s1)NC(=O)CCC)C1CCCC1. The average Bonchev–Trinajstić information content (AvgIpc) is 3.50. The Kier molecular flexibility index (Phi) is 9.83. The monoisotopic (exact) mass is 498 g/mol. The molecule has 0 radical (unpaired) electrons. The summed E-state index contributed by atoms with van der Waals surface area (Å²) in [5, 5.41) is 9.70. The van der Waals surface area contributed by atoms with Gasteiger partial charge in [0.15, 0.2) is 0 Å². The molecule has 1 unspecified atom stereocenters. The number of benzene rings is 1. The lowest BCUT2D eigenvalue weighted by Crippen LogP contribution is -2.54. The molecule has 0 spiro atoms. The van der Waals surface area contributed by atoms with Crippen molar-refractivity contribution in [1.82, 2.24) is 20.9 Å². The van der Waals surface area contributed by atoms with Crippen molar-refractivity contribution in [3.63, 3.8) is 0 Å². The van der Waals surface area contributed by atoms with Crippen LogP contribution in [0.15, 0.2) is 30.9 Å². The van der Waals surface area contributed by atoms with Crippen molar-refractivity contribution >= 4 is 39.3 Å². The lowest BCUT2D eigenvalue weighted by Gasteiger charge is -2.27. The zero-order chi connectivity index (χ0) is 25.4. The van der Waals surface area contributed by atoms with Gasteiger partial charge in [-0.15, -0.1) is 11.3 Å². The third-order valence-corrected chi connectivity index (χ3v) is 7.65. The van der Waals surface area contributed by atoms with Crippen LogP contribution in [0.5, 0.6) is 0 Å². The van der Waals surface area contributed by atoms with Gasteiger partial charge < -0.3 is 16.0 Å². The Morgan fingerprint density at radius 3 is 2.60 bits per heavy atom. The van der Waals surface area contributed by atoms with E-state index < -0.39 is 6.04 Å². The van der Waals surface area contributed by atoms with Crippen LogP contribution in [0.2, 0.25) is 0 Å². The van der Waals surface area contributed by atoms with Crippen molar-refractivity contribution in [1.29, 1.82) is 0 Å². The Balaban J connectivity index is 1.78. The summed E-state index contributed by atoms with van der Waals surface area (Å²) in [7, 11) is 0. The van der Waals surface area contributed by atoms with Gasteiger partial charge in [-0.25, -0.2) is 4.98 Å². The van der Waals surface area contributed by atoms with Crippen LogP contribution in [0.4, 0.5) is 0 Å². The lowest BCUT2D eigenvalue weighted by molar-refractivity contribution is -0.129. The highest BCUT2D eigenvalue weighted by Crippen LogP contribution is 2.29. The third-order valence-electron chi connectivity index (χ3n) is 6.61. The molecular weight excluding hydrogens is 460 g/mol. The molecule has 1 aliphatic carbocycles. The fourth-order valence-electron chi connectivity index (χ4n) is 4.57. The molecular formula is C27H38N4O3S. The predicted molar refractivity (Wildman–Crippen MR) is 141 cm³/mol. The third kappa shape index (κ3) is 7.62. The highest BCUT2D eigenvalue weighted by molar-refractivity contribution is 7.18. The summed E-state index contributed by atoms with van der Waals surface area (Å²) in [5.74, 6) is 0.0822. The number of amides is 3. The van der Waals surface area contributed by atoms with Gasteiger partial charge in [-0.05, 0) is 54.9 Å². The Hall–Kier alpha value is -2.74. The largest absolute Gasteiger partial charge is 0.351 e. The molecule has 7 nitrogen and oxygen atoms in total. The quantitative estimate of drug-likeness (QED) is 0.381. The molecule has 3 N–H and O–H groups in total. The molecule has 1 aromatic heterocycles. The second-order valence-electron chi connectivity index (χ2n) is 9.67. The minimum Gasteiger partial charge on any atom is -0.351 e. The molecule has 3 rings (SSSR count). The first-order chi connectivity index (χ1) is 16.8. The fourth-order valence-corrected chi connectivity index (χ4v) is 5.64. The number of carbonyl (C=O) groups is 3. The van der Waals surface area contributed by atoms with Gasteiger partial charge in [-0.1, -0.05) is 46.3 Å². The van der Waals surface area contributed by atoms with Crippen molar-refractivity contribution in [2.24, 2.45) is 5.92 Å². The summed E-state index contributed by atoms with van der Waals surface area (Å²) in [5.41, 5.74) is 2.16. The molecule has 1 heterocycles. The summed E-state index contributed by atoms with van der Waals surface area (Å²) in [6, 6.07) is 5.35. The Labute approximate surface area is 212 Å². The second-order valence-corrected chi connectivity index (χ2v) is 10.8. The maximum absolute atomic E-state index is 13.4. The number of hydrogen-bond acceptors (Lipinski definition) is 5. The van der Waals surface area contributed by atoms with E-state index in [4.69, 9.17) is 4.98 Å².